The smallest absolute Gasteiger partial charge is 0.399 e. The monoisotopic (exact) mass is 380 g/mol. The van der Waals surface area contributed by atoms with Gasteiger partial charge in [-0.1, -0.05) is 11.6 Å². The van der Waals surface area contributed by atoms with Gasteiger partial charge in [-0.25, -0.2) is 9.07 Å². The molecule has 2 fully saturated rings. The minimum Gasteiger partial charge on any atom is -0.399 e. The van der Waals surface area contributed by atoms with Crippen molar-refractivity contribution in [3.05, 3.63) is 23.1 Å². The van der Waals surface area contributed by atoms with E-state index in [9.17, 15) is 4.39 Å². The van der Waals surface area contributed by atoms with E-state index in [-0.39, 0.29) is 11.3 Å². The van der Waals surface area contributed by atoms with Crippen molar-refractivity contribution in [2.75, 3.05) is 6.61 Å². The second kappa shape index (κ2) is 6.19. The predicted molar refractivity (Wildman–Crippen MR) is 99.3 cm³/mol. The van der Waals surface area contributed by atoms with Gasteiger partial charge in [-0.3, -0.25) is 0 Å². The Balaban J connectivity index is 1.82. The lowest BCUT2D eigenvalue weighted by Gasteiger charge is -2.32. The van der Waals surface area contributed by atoms with Gasteiger partial charge in [-0.15, -0.1) is 0 Å². The highest BCUT2D eigenvalue weighted by molar-refractivity contribution is 6.68. The Labute approximate surface area is 157 Å². The van der Waals surface area contributed by atoms with Crippen LogP contribution in [0.25, 0.3) is 10.9 Å². The Morgan fingerprint density at radius 2 is 1.92 bits per heavy atom. The number of fused-ring (bicyclic) bond motifs is 1. The highest BCUT2D eigenvalue weighted by Crippen LogP contribution is 2.38. The third-order valence-electron chi connectivity index (χ3n) is 5.75. The predicted octanol–water partition coefficient (Wildman–Crippen LogP) is 3.83. The van der Waals surface area contributed by atoms with Crippen molar-refractivity contribution in [1.29, 1.82) is 0 Å². The fraction of sp³-hybridized carbons (Fsp3) is 0.611. The molecule has 8 heteroatoms. The van der Waals surface area contributed by atoms with Gasteiger partial charge in [-0.2, -0.15) is 5.10 Å². The molecule has 0 N–H and O–H groups in total. The SMILES string of the molecule is CC1(C)OB(c2c(Cl)c(F)cc3c2cnn3C2CCCCO2)OC1(C)C. The lowest BCUT2D eigenvalue weighted by molar-refractivity contribution is -0.0366. The summed E-state index contributed by atoms with van der Waals surface area (Å²) in [6.45, 7) is 8.51. The van der Waals surface area contributed by atoms with Crippen LogP contribution in [-0.2, 0) is 14.0 Å². The van der Waals surface area contributed by atoms with Gasteiger partial charge < -0.3 is 14.0 Å². The van der Waals surface area contributed by atoms with E-state index >= 15 is 0 Å². The van der Waals surface area contributed by atoms with Crippen LogP contribution in [0.4, 0.5) is 4.39 Å². The minimum absolute atomic E-state index is 0.0140. The minimum atomic E-state index is -0.754. The van der Waals surface area contributed by atoms with Gasteiger partial charge in [0.2, 0.25) is 0 Å². The van der Waals surface area contributed by atoms with E-state index < -0.39 is 24.1 Å². The average molecular weight is 381 g/mol. The molecule has 2 aromatic rings. The molecule has 2 aliphatic heterocycles. The number of aromatic nitrogens is 2. The molecule has 0 saturated carbocycles. The van der Waals surface area contributed by atoms with Crippen LogP contribution in [0.3, 0.4) is 0 Å². The van der Waals surface area contributed by atoms with Crippen LogP contribution in [0, 0.1) is 5.82 Å². The molecule has 2 aliphatic rings. The summed E-state index contributed by atoms with van der Waals surface area (Å²) in [5.74, 6) is -0.513. The summed E-state index contributed by atoms with van der Waals surface area (Å²) in [4.78, 5) is 0. The lowest BCUT2D eigenvalue weighted by atomic mass is 9.77. The number of rotatable bonds is 2. The van der Waals surface area contributed by atoms with Crippen molar-refractivity contribution < 1.29 is 18.4 Å². The van der Waals surface area contributed by atoms with Gasteiger partial charge in [-0.05, 0) is 47.0 Å². The topological polar surface area (TPSA) is 45.5 Å². The Hall–Kier alpha value is -1.15. The first-order chi connectivity index (χ1) is 12.2. The first-order valence-electron chi connectivity index (χ1n) is 9.03. The second-order valence-electron chi connectivity index (χ2n) is 8.02. The largest absolute Gasteiger partial charge is 0.497 e. The molecule has 4 rings (SSSR count). The van der Waals surface area contributed by atoms with E-state index in [0.29, 0.717) is 17.6 Å². The van der Waals surface area contributed by atoms with Crippen molar-refractivity contribution in [2.45, 2.75) is 64.4 Å². The average Bonchev–Trinajstić information content (AvgIpc) is 3.07. The second-order valence-corrected chi connectivity index (χ2v) is 8.40. The molecule has 0 radical (unpaired) electrons. The maximum atomic E-state index is 14.6. The lowest BCUT2D eigenvalue weighted by Crippen LogP contribution is -2.41. The van der Waals surface area contributed by atoms with Crippen LogP contribution in [0.1, 0.15) is 53.2 Å². The van der Waals surface area contributed by atoms with Gasteiger partial charge in [0.05, 0.1) is 27.9 Å². The Bertz CT molecular complexity index is 833. The molecule has 1 atom stereocenters. The van der Waals surface area contributed by atoms with Crippen molar-refractivity contribution >= 4 is 35.1 Å². The van der Waals surface area contributed by atoms with Crippen LogP contribution < -0.4 is 5.46 Å². The molecule has 1 aromatic carbocycles. The fourth-order valence-electron chi connectivity index (χ4n) is 3.49. The highest BCUT2D eigenvalue weighted by Gasteiger charge is 2.53. The van der Waals surface area contributed by atoms with Gasteiger partial charge in [0.25, 0.3) is 0 Å². The van der Waals surface area contributed by atoms with E-state index in [0.717, 1.165) is 24.6 Å². The maximum absolute atomic E-state index is 14.6. The standard InChI is InChI=1S/C18H23BClFN2O3/c1-17(2)18(3,4)26-19(25-17)15-11-10-22-23(14-7-5-6-8-24-14)13(11)9-12(21)16(15)20/h9-10,14H,5-8H2,1-4H3. The molecule has 0 spiro atoms. The van der Waals surface area contributed by atoms with E-state index in [4.69, 9.17) is 25.6 Å². The van der Waals surface area contributed by atoms with Crippen LogP contribution in [0.2, 0.25) is 5.02 Å². The molecular weight excluding hydrogens is 357 g/mol. The van der Waals surface area contributed by atoms with E-state index in [1.54, 1.807) is 10.9 Å². The molecule has 5 nitrogen and oxygen atoms in total. The number of hydrogen-bond acceptors (Lipinski definition) is 4. The molecule has 2 saturated heterocycles. The van der Waals surface area contributed by atoms with Crippen LogP contribution in [0.15, 0.2) is 12.3 Å². The first kappa shape index (κ1) is 18.2. The zero-order valence-corrected chi connectivity index (χ0v) is 16.3. The molecule has 140 valence electrons. The molecular formula is C18H23BClFN2O3. The fourth-order valence-corrected chi connectivity index (χ4v) is 3.74. The summed E-state index contributed by atoms with van der Waals surface area (Å²) in [7, 11) is -0.754. The molecule has 0 amide bonds. The van der Waals surface area contributed by atoms with Gasteiger partial charge in [0.1, 0.15) is 5.82 Å². The van der Waals surface area contributed by atoms with Crippen molar-refractivity contribution in [2.24, 2.45) is 0 Å². The summed E-state index contributed by atoms with van der Waals surface area (Å²) in [5, 5.41) is 5.20. The molecule has 3 heterocycles. The summed E-state index contributed by atoms with van der Waals surface area (Å²) in [5.41, 5.74) is 0.0513. The Kier molecular flexibility index (Phi) is 4.34. The maximum Gasteiger partial charge on any atom is 0.497 e. The van der Waals surface area contributed by atoms with E-state index in [1.165, 1.54) is 6.07 Å². The van der Waals surface area contributed by atoms with Crippen LogP contribution in [0.5, 0.6) is 0 Å². The summed E-state index contributed by atoms with van der Waals surface area (Å²) < 4.78 is 34.4. The summed E-state index contributed by atoms with van der Waals surface area (Å²) in [6, 6.07) is 1.41. The third-order valence-corrected chi connectivity index (χ3v) is 6.14. The molecule has 1 aromatic heterocycles. The molecule has 0 bridgehead atoms. The molecule has 26 heavy (non-hydrogen) atoms. The Morgan fingerprint density at radius 3 is 2.54 bits per heavy atom. The van der Waals surface area contributed by atoms with Gasteiger partial charge >= 0.3 is 7.12 Å². The van der Waals surface area contributed by atoms with Crippen LogP contribution >= 0.6 is 11.6 Å². The Morgan fingerprint density at radius 1 is 1.23 bits per heavy atom. The van der Waals surface area contributed by atoms with E-state index in [2.05, 4.69) is 5.10 Å². The number of ether oxygens (including phenoxy) is 1. The van der Waals surface area contributed by atoms with E-state index in [1.807, 2.05) is 27.7 Å². The number of halogens is 2. The summed E-state index contributed by atoms with van der Waals surface area (Å²) in [6.07, 6.45) is 4.46. The zero-order valence-electron chi connectivity index (χ0n) is 15.5. The quantitative estimate of drug-likeness (QED) is 0.743. The number of hydrogen-bond donors (Lipinski definition) is 0. The summed E-state index contributed by atoms with van der Waals surface area (Å²) >= 11 is 6.33. The molecule has 0 aliphatic carbocycles. The van der Waals surface area contributed by atoms with Crippen molar-refractivity contribution in [3.8, 4) is 0 Å². The number of nitrogens with zero attached hydrogens (tertiary/aromatic N) is 2. The van der Waals surface area contributed by atoms with Crippen molar-refractivity contribution in [1.82, 2.24) is 9.78 Å². The number of benzene rings is 1. The highest BCUT2D eigenvalue weighted by atomic mass is 35.5. The van der Waals surface area contributed by atoms with Gasteiger partial charge in [0, 0.05) is 23.5 Å². The molecule has 1 unspecified atom stereocenters. The van der Waals surface area contributed by atoms with Crippen LogP contribution in [-0.4, -0.2) is 34.7 Å². The van der Waals surface area contributed by atoms with Crippen molar-refractivity contribution in [3.63, 3.8) is 0 Å². The zero-order chi connectivity index (χ0) is 18.7. The first-order valence-corrected chi connectivity index (χ1v) is 9.41. The normalized spacial score (nSPS) is 25.2. The van der Waals surface area contributed by atoms with Gasteiger partial charge in [0.15, 0.2) is 6.23 Å². The third kappa shape index (κ3) is 2.76.